The van der Waals surface area contributed by atoms with E-state index in [1.54, 1.807) is 13.0 Å². The van der Waals surface area contributed by atoms with E-state index < -0.39 is 0 Å². The Balaban J connectivity index is 1.96. The highest BCUT2D eigenvalue weighted by atomic mass is 16.5. The van der Waals surface area contributed by atoms with E-state index in [1.165, 1.54) is 0 Å². The van der Waals surface area contributed by atoms with Crippen LogP contribution in [0.3, 0.4) is 0 Å². The Morgan fingerprint density at radius 3 is 2.44 bits per heavy atom. The van der Waals surface area contributed by atoms with Crippen LogP contribution in [0.25, 0.3) is 0 Å². The summed E-state index contributed by atoms with van der Waals surface area (Å²) in [6.45, 7) is 8.30. The Morgan fingerprint density at radius 2 is 1.85 bits per heavy atom. The number of carbonyl (C=O) groups excluding carboxylic acids is 1. The van der Waals surface area contributed by atoms with Crippen LogP contribution < -0.4 is 15.8 Å². The first-order chi connectivity index (χ1) is 12.8. The van der Waals surface area contributed by atoms with Crippen LogP contribution in [0.2, 0.25) is 0 Å². The second-order valence-corrected chi connectivity index (χ2v) is 6.95. The van der Waals surface area contributed by atoms with Crippen LogP contribution in [0.1, 0.15) is 31.9 Å². The summed E-state index contributed by atoms with van der Waals surface area (Å²) in [5.41, 5.74) is 8.99. The molecule has 0 spiro atoms. The molecule has 0 bridgehead atoms. The lowest BCUT2D eigenvalue weighted by Gasteiger charge is -2.10. The molecule has 2 rings (SSSR count). The van der Waals surface area contributed by atoms with Crippen LogP contribution in [-0.4, -0.2) is 5.91 Å². The van der Waals surface area contributed by atoms with Crippen LogP contribution in [0.4, 0.5) is 0 Å². The van der Waals surface area contributed by atoms with Gasteiger partial charge in [0.15, 0.2) is 0 Å². The number of ether oxygens (including phenoxy) is 1. The van der Waals surface area contributed by atoms with E-state index in [-0.39, 0.29) is 5.91 Å². The predicted molar refractivity (Wildman–Crippen MR) is 110 cm³/mol. The standard InChI is InChI=1S/C23H28N2O2/c1-16(2)8-13-22(18(4)24)23(26)25-15-19-9-11-20(12-10-19)27-21-7-5-6-17(3)14-21/h5-14,16H,15,24H2,1-4H3,(H,25,26)/b13-8-,22-18-. The maximum atomic E-state index is 12.4. The first kappa shape index (κ1) is 20.3. The van der Waals surface area contributed by atoms with Crippen molar-refractivity contribution >= 4 is 5.91 Å². The molecular weight excluding hydrogens is 336 g/mol. The van der Waals surface area contributed by atoms with E-state index in [0.717, 1.165) is 22.6 Å². The molecule has 0 saturated heterocycles. The third-order valence-corrected chi connectivity index (χ3v) is 3.92. The molecule has 0 unspecified atom stereocenters. The van der Waals surface area contributed by atoms with Gasteiger partial charge >= 0.3 is 0 Å². The number of hydrogen-bond acceptors (Lipinski definition) is 3. The number of carbonyl (C=O) groups is 1. The van der Waals surface area contributed by atoms with E-state index >= 15 is 0 Å². The quantitative estimate of drug-likeness (QED) is 0.545. The SMILES string of the molecule is C/C(N)=C(\C=C/C(C)C)C(=O)NCc1ccc(Oc2cccc(C)c2)cc1. The van der Waals surface area contributed by atoms with E-state index in [0.29, 0.717) is 23.7 Å². The van der Waals surface area contributed by atoms with Crippen molar-refractivity contribution in [2.75, 3.05) is 0 Å². The summed E-state index contributed by atoms with van der Waals surface area (Å²) in [4.78, 5) is 12.4. The van der Waals surface area contributed by atoms with Gasteiger partial charge in [-0.05, 0) is 55.2 Å². The molecule has 0 atom stereocenters. The number of rotatable bonds is 7. The van der Waals surface area contributed by atoms with Gasteiger partial charge in [-0.1, -0.05) is 50.3 Å². The van der Waals surface area contributed by atoms with Gasteiger partial charge < -0.3 is 15.8 Å². The Morgan fingerprint density at radius 1 is 1.15 bits per heavy atom. The molecule has 0 heterocycles. The van der Waals surface area contributed by atoms with Gasteiger partial charge in [0.05, 0.1) is 5.57 Å². The smallest absolute Gasteiger partial charge is 0.253 e. The molecule has 27 heavy (non-hydrogen) atoms. The molecule has 2 aromatic carbocycles. The summed E-state index contributed by atoms with van der Waals surface area (Å²) in [6.07, 6.45) is 3.75. The molecule has 1 amide bonds. The van der Waals surface area contributed by atoms with Crippen molar-refractivity contribution in [3.63, 3.8) is 0 Å². The Kier molecular flexibility index (Phi) is 7.24. The normalized spacial score (nSPS) is 12.2. The molecule has 4 nitrogen and oxygen atoms in total. The highest BCUT2D eigenvalue weighted by Gasteiger charge is 2.09. The van der Waals surface area contributed by atoms with E-state index in [4.69, 9.17) is 10.5 Å². The minimum atomic E-state index is -0.174. The maximum Gasteiger partial charge on any atom is 0.253 e. The van der Waals surface area contributed by atoms with Gasteiger partial charge in [0.1, 0.15) is 11.5 Å². The second kappa shape index (κ2) is 9.62. The Labute approximate surface area is 161 Å². The summed E-state index contributed by atoms with van der Waals surface area (Å²) < 4.78 is 5.84. The molecule has 0 fully saturated rings. The molecule has 142 valence electrons. The van der Waals surface area contributed by atoms with Gasteiger partial charge in [0.25, 0.3) is 5.91 Å². The maximum absolute atomic E-state index is 12.4. The van der Waals surface area contributed by atoms with Gasteiger partial charge in [0.2, 0.25) is 0 Å². The average molecular weight is 364 g/mol. The molecule has 0 aliphatic rings. The number of allylic oxidation sites excluding steroid dienone is 2. The van der Waals surface area contributed by atoms with Gasteiger partial charge in [-0.3, -0.25) is 4.79 Å². The number of nitrogens with one attached hydrogen (secondary N) is 1. The zero-order valence-electron chi connectivity index (χ0n) is 16.5. The second-order valence-electron chi connectivity index (χ2n) is 6.95. The summed E-state index contributed by atoms with van der Waals surface area (Å²) >= 11 is 0. The molecule has 0 radical (unpaired) electrons. The van der Waals surface area contributed by atoms with Crippen LogP contribution in [-0.2, 0) is 11.3 Å². The topological polar surface area (TPSA) is 64.4 Å². The third kappa shape index (κ3) is 6.66. The summed E-state index contributed by atoms with van der Waals surface area (Å²) in [6, 6.07) is 15.6. The van der Waals surface area contributed by atoms with Crippen molar-refractivity contribution in [3.8, 4) is 11.5 Å². The highest BCUT2D eigenvalue weighted by Crippen LogP contribution is 2.22. The average Bonchev–Trinajstić information content (AvgIpc) is 2.61. The molecule has 0 aliphatic carbocycles. The zero-order valence-corrected chi connectivity index (χ0v) is 16.5. The molecular formula is C23H28N2O2. The number of benzene rings is 2. The molecule has 0 saturated carbocycles. The van der Waals surface area contributed by atoms with Crippen molar-refractivity contribution in [2.24, 2.45) is 11.7 Å². The van der Waals surface area contributed by atoms with Crippen molar-refractivity contribution in [1.29, 1.82) is 0 Å². The minimum Gasteiger partial charge on any atom is -0.457 e. The van der Waals surface area contributed by atoms with Crippen LogP contribution >= 0.6 is 0 Å². The lowest BCUT2D eigenvalue weighted by atomic mass is 10.1. The fraction of sp³-hybridized carbons (Fsp3) is 0.261. The van der Waals surface area contributed by atoms with Gasteiger partial charge in [0, 0.05) is 12.2 Å². The van der Waals surface area contributed by atoms with E-state index in [9.17, 15) is 4.79 Å². The Bertz CT molecular complexity index is 830. The number of aryl methyl sites for hydroxylation is 1. The fourth-order valence-corrected chi connectivity index (χ4v) is 2.44. The fourth-order valence-electron chi connectivity index (χ4n) is 2.44. The van der Waals surface area contributed by atoms with Crippen molar-refractivity contribution < 1.29 is 9.53 Å². The monoisotopic (exact) mass is 364 g/mol. The first-order valence-electron chi connectivity index (χ1n) is 9.11. The number of amides is 1. The largest absolute Gasteiger partial charge is 0.457 e. The molecule has 0 aromatic heterocycles. The molecule has 3 N–H and O–H groups in total. The first-order valence-corrected chi connectivity index (χ1v) is 9.11. The van der Waals surface area contributed by atoms with E-state index in [2.05, 4.69) is 19.2 Å². The van der Waals surface area contributed by atoms with E-state index in [1.807, 2.05) is 61.5 Å². The molecule has 0 aliphatic heterocycles. The number of nitrogens with two attached hydrogens (primary N) is 1. The number of hydrogen-bond donors (Lipinski definition) is 2. The summed E-state index contributed by atoms with van der Waals surface area (Å²) in [5.74, 6) is 1.75. The van der Waals surface area contributed by atoms with Crippen LogP contribution in [0.5, 0.6) is 11.5 Å². The van der Waals surface area contributed by atoms with Crippen molar-refractivity contribution in [3.05, 3.63) is 83.1 Å². The highest BCUT2D eigenvalue weighted by molar-refractivity contribution is 5.96. The lowest BCUT2D eigenvalue weighted by molar-refractivity contribution is -0.117. The molecule has 4 heteroatoms. The minimum absolute atomic E-state index is 0.174. The Hall–Kier alpha value is -3.01. The zero-order chi connectivity index (χ0) is 19.8. The van der Waals surface area contributed by atoms with Crippen molar-refractivity contribution in [1.82, 2.24) is 5.32 Å². The third-order valence-electron chi connectivity index (χ3n) is 3.92. The predicted octanol–water partition coefficient (Wildman–Crippen LogP) is 4.85. The van der Waals surface area contributed by atoms with Gasteiger partial charge in [-0.25, -0.2) is 0 Å². The van der Waals surface area contributed by atoms with Crippen LogP contribution in [0, 0.1) is 12.8 Å². The summed E-state index contributed by atoms with van der Waals surface area (Å²) in [7, 11) is 0. The summed E-state index contributed by atoms with van der Waals surface area (Å²) in [5, 5.41) is 2.91. The van der Waals surface area contributed by atoms with Gasteiger partial charge in [-0.15, -0.1) is 0 Å². The van der Waals surface area contributed by atoms with Gasteiger partial charge in [-0.2, -0.15) is 0 Å². The van der Waals surface area contributed by atoms with Crippen LogP contribution in [0.15, 0.2) is 72.0 Å². The van der Waals surface area contributed by atoms with Crippen molar-refractivity contribution in [2.45, 2.75) is 34.2 Å². The lowest BCUT2D eigenvalue weighted by Crippen LogP contribution is -2.25. The molecule has 2 aromatic rings.